The molecule has 1 saturated carbocycles. The Balaban J connectivity index is 1.28. The van der Waals surface area contributed by atoms with Crippen molar-refractivity contribution in [2.45, 2.75) is 102 Å². The Morgan fingerprint density at radius 2 is 1.81 bits per heavy atom. The van der Waals surface area contributed by atoms with E-state index in [9.17, 15) is 13.2 Å². The molecule has 0 unspecified atom stereocenters. The maximum atomic E-state index is 13.7. The smallest absolute Gasteiger partial charge is 0.264 e. The number of anilines is 1. The number of aryl methyl sites for hydroxylation is 1. The highest BCUT2D eigenvalue weighted by molar-refractivity contribution is 7.90. The number of hydrogen-bond acceptors (Lipinski definition) is 9. The van der Waals surface area contributed by atoms with Crippen molar-refractivity contribution in [1.29, 1.82) is 0 Å². The van der Waals surface area contributed by atoms with E-state index in [1.807, 2.05) is 25.1 Å². The molecule has 0 aromatic heterocycles. The van der Waals surface area contributed by atoms with Gasteiger partial charge in [-0.1, -0.05) is 50.0 Å². The topological polar surface area (TPSA) is 104 Å². The molecule has 6 atom stereocenters. The molecule has 1 spiro atoms. The van der Waals surface area contributed by atoms with Crippen LogP contribution >= 0.6 is 11.6 Å². The minimum absolute atomic E-state index is 0.148. The van der Waals surface area contributed by atoms with Gasteiger partial charge in [-0.05, 0) is 112 Å². The first-order valence-corrected chi connectivity index (χ1v) is 21.8. The maximum Gasteiger partial charge on any atom is 0.264 e. The number of benzene rings is 2. The Bertz CT molecular complexity index is 1820. The maximum absolute atomic E-state index is 13.7. The molecule has 1 amide bonds. The third-order valence-corrected chi connectivity index (χ3v) is 15.5. The number of carbonyl (C=O) groups is 1. The van der Waals surface area contributed by atoms with Crippen LogP contribution in [-0.2, 0) is 26.7 Å². The van der Waals surface area contributed by atoms with Gasteiger partial charge >= 0.3 is 0 Å². The molecule has 10 nitrogen and oxygen atoms in total. The number of nitrogens with one attached hydrogen (secondary N) is 1. The first-order chi connectivity index (χ1) is 25.4. The predicted octanol–water partition coefficient (Wildman–Crippen LogP) is 6.85. The molecular formula is C41H58ClN5O5S. The van der Waals surface area contributed by atoms with Gasteiger partial charge in [0.2, 0.25) is 10.0 Å². The number of halogens is 1. The number of amidine groups is 1. The summed E-state index contributed by atoms with van der Waals surface area (Å²) in [6.07, 6.45) is 8.04. The third-order valence-electron chi connectivity index (χ3n) is 13.4. The second-order valence-corrected chi connectivity index (χ2v) is 19.1. The molecule has 12 heteroatoms. The SMILES string of the molecule is CCCc1cc(Cl)ccc1[C@]1(CC)COc2ccc3cc2N(C[C@@H]2CC[C@H]2[C@@]2(CCC[C@H](C)[C@@H](C)S(=O)(=O)NC3=O)CC(N3CCN(C)CC3)=NO2)C1. The zero-order valence-corrected chi connectivity index (χ0v) is 33.8. The van der Waals surface area contributed by atoms with E-state index >= 15 is 0 Å². The van der Waals surface area contributed by atoms with Crippen LogP contribution in [0.2, 0.25) is 5.02 Å². The van der Waals surface area contributed by atoms with Gasteiger partial charge in [0.25, 0.3) is 5.91 Å². The van der Waals surface area contributed by atoms with Crippen LogP contribution in [0, 0.1) is 17.8 Å². The Morgan fingerprint density at radius 3 is 2.53 bits per heavy atom. The van der Waals surface area contributed by atoms with E-state index in [0.29, 0.717) is 42.7 Å². The van der Waals surface area contributed by atoms with Gasteiger partial charge in [0.05, 0.1) is 24.0 Å². The van der Waals surface area contributed by atoms with Gasteiger partial charge in [0.15, 0.2) is 0 Å². The average Bonchev–Trinajstić information content (AvgIpc) is 3.47. The van der Waals surface area contributed by atoms with E-state index < -0.39 is 26.8 Å². The van der Waals surface area contributed by atoms with E-state index in [1.54, 1.807) is 13.0 Å². The molecule has 1 aliphatic carbocycles. The van der Waals surface area contributed by atoms with Gasteiger partial charge < -0.3 is 24.3 Å². The van der Waals surface area contributed by atoms with Crippen molar-refractivity contribution in [3.8, 4) is 5.75 Å². The summed E-state index contributed by atoms with van der Waals surface area (Å²) < 4.78 is 36.4. The Labute approximate surface area is 321 Å². The Kier molecular flexibility index (Phi) is 11.0. The van der Waals surface area contributed by atoms with Gasteiger partial charge in [-0.3, -0.25) is 4.79 Å². The molecule has 2 bridgehead atoms. The minimum Gasteiger partial charge on any atom is -0.490 e. The van der Waals surface area contributed by atoms with Crippen LogP contribution in [0.5, 0.6) is 5.75 Å². The Morgan fingerprint density at radius 1 is 1.02 bits per heavy atom. The monoisotopic (exact) mass is 767 g/mol. The molecule has 290 valence electrons. The lowest BCUT2D eigenvalue weighted by Crippen LogP contribution is -2.54. The molecule has 5 aliphatic rings. The van der Waals surface area contributed by atoms with Crippen molar-refractivity contribution in [2.75, 3.05) is 57.8 Å². The first kappa shape index (κ1) is 38.3. The molecule has 4 heterocycles. The minimum atomic E-state index is -3.93. The molecule has 2 aromatic rings. The second kappa shape index (κ2) is 15.3. The van der Waals surface area contributed by atoms with Crippen molar-refractivity contribution < 1.29 is 22.8 Å². The molecule has 1 N–H and O–H groups in total. The van der Waals surface area contributed by atoms with E-state index in [1.165, 1.54) is 11.1 Å². The van der Waals surface area contributed by atoms with Gasteiger partial charge in [-0.2, -0.15) is 0 Å². The van der Waals surface area contributed by atoms with Crippen molar-refractivity contribution in [2.24, 2.45) is 22.9 Å². The van der Waals surface area contributed by atoms with Crippen LogP contribution in [-0.4, -0.2) is 93.7 Å². The summed E-state index contributed by atoms with van der Waals surface area (Å²) in [6, 6.07) is 11.7. The van der Waals surface area contributed by atoms with Crippen LogP contribution in [0.15, 0.2) is 41.6 Å². The van der Waals surface area contributed by atoms with Gasteiger partial charge in [0.1, 0.15) is 17.2 Å². The summed E-state index contributed by atoms with van der Waals surface area (Å²) in [7, 11) is -1.77. The van der Waals surface area contributed by atoms with Crippen molar-refractivity contribution in [1.82, 2.24) is 14.5 Å². The van der Waals surface area contributed by atoms with Gasteiger partial charge in [-0.15, -0.1) is 0 Å². The standard InChI is InChI=1S/C41H58ClN5O5S/c1-6-9-30-22-33(42)13-15-34(30)40(7-2)26-47-25-32-11-14-35(32)41(24-38(43-52-41)46-20-18-45(5)19-21-46)17-8-10-28(3)29(4)53(49,50)44-39(48)31-12-16-37(51-27-40)36(47)23-31/h12-13,15-16,22-23,28-29,32,35H,6-11,14,17-21,24-27H2,1-5H3,(H,44,48)/t28-,29+,32-,35+,40-,41+/m0/s1. The van der Waals surface area contributed by atoms with Gasteiger partial charge in [-0.25, -0.2) is 13.1 Å². The average molecular weight is 768 g/mol. The second-order valence-electron chi connectivity index (χ2n) is 16.7. The molecule has 4 aliphatic heterocycles. The number of fused-ring (bicyclic) bond motifs is 3. The number of carbonyl (C=O) groups excluding carboxylic acids is 1. The van der Waals surface area contributed by atoms with Crippen LogP contribution in [0.25, 0.3) is 0 Å². The lowest BCUT2D eigenvalue weighted by atomic mass is 9.62. The summed E-state index contributed by atoms with van der Waals surface area (Å²) in [5.74, 6) is 1.64. The normalized spacial score (nSPS) is 32.1. The molecule has 53 heavy (non-hydrogen) atoms. The van der Waals surface area contributed by atoms with Crippen LogP contribution in [0.4, 0.5) is 5.69 Å². The number of nitrogens with zero attached hydrogens (tertiary/aromatic N) is 4. The third kappa shape index (κ3) is 7.51. The van der Waals surface area contributed by atoms with Crippen LogP contribution in [0.1, 0.15) is 101 Å². The summed E-state index contributed by atoms with van der Waals surface area (Å²) in [5, 5.41) is 4.82. The lowest BCUT2D eigenvalue weighted by molar-refractivity contribution is -0.118. The number of amides is 1. The van der Waals surface area contributed by atoms with Crippen molar-refractivity contribution >= 4 is 39.1 Å². The van der Waals surface area contributed by atoms with Crippen LogP contribution in [0.3, 0.4) is 0 Å². The summed E-state index contributed by atoms with van der Waals surface area (Å²) >= 11 is 6.57. The number of oxime groups is 1. The number of hydrogen-bond donors (Lipinski definition) is 1. The highest BCUT2D eigenvalue weighted by Crippen LogP contribution is 2.52. The fourth-order valence-electron chi connectivity index (χ4n) is 9.56. The zero-order chi connectivity index (χ0) is 37.5. The molecule has 1 saturated heterocycles. The number of piperazine rings is 1. The fraction of sp³-hybridized carbons (Fsp3) is 0.659. The van der Waals surface area contributed by atoms with E-state index in [0.717, 1.165) is 101 Å². The number of ether oxygens (including phenoxy) is 1. The summed E-state index contributed by atoms with van der Waals surface area (Å²) in [4.78, 5) is 27.6. The molecule has 2 fully saturated rings. The zero-order valence-electron chi connectivity index (χ0n) is 32.2. The summed E-state index contributed by atoms with van der Waals surface area (Å²) in [6.45, 7) is 13.9. The van der Waals surface area contributed by atoms with Crippen molar-refractivity contribution in [3.63, 3.8) is 0 Å². The van der Waals surface area contributed by atoms with Gasteiger partial charge in [0, 0.05) is 61.2 Å². The van der Waals surface area contributed by atoms with Crippen molar-refractivity contribution in [3.05, 3.63) is 58.1 Å². The van der Waals surface area contributed by atoms with Crippen LogP contribution < -0.4 is 14.4 Å². The fourth-order valence-corrected chi connectivity index (χ4v) is 11.1. The van der Waals surface area contributed by atoms with E-state index in [4.69, 9.17) is 26.3 Å². The summed E-state index contributed by atoms with van der Waals surface area (Å²) in [5.41, 5.74) is 2.85. The van der Waals surface area contributed by atoms with E-state index in [-0.39, 0.29) is 11.3 Å². The predicted molar refractivity (Wildman–Crippen MR) is 212 cm³/mol. The number of sulfonamides is 1. The number of rotatable bonds is 4. The quantitative estimate of drug-likeness (QED) is 0.361. The first-order valence-electron chi connectivity index (χ1n) is 19.9. The largest absolute Gasteiger partial charge is 0.490 e. The highest BCUT2D eigenvalue weighted by Gasteiger charge is 2.54. The van der Waals surface area contributed by atoms with E-state index in [2.05, 4.69) is 52.4 Å². The molecular weight excluding hydrogens is 710 g/mol. The lowest BCUT2D eigenvalue weighted by Gasteiger charge is -2.49. The molecule has 0 radical (unpaired) electrons. The number of likely N-dealkylation sites (N-methyl/N-ethyl adjacent to an activating group) is 1. The highest BCUT2D eigenvalue weighted by atomic mass is 35.5. The molecule has 2 aromatic carbocycles. The molecule has 7 rings (SSSR count). The Hall–Kier alpha value is -3.02.